The molecule has 1 aromatic rings. The van der Waals surface area contributed by atoms with Crippen molar-refractivity contribution in [2.24, 2.45) is 4.99 Å². The minimum atomic E-state index is -0.0176. The predicted octanol–water partition coefficient (Wildman–Crippen LogP) is 3.40. The predicted molar refractivity (Wildman–Crippen MR) is 123 cm³/mol. The van der Waals surface area contributed by atoms with Crippen LogP contribution in [0.3, 0.4) is 0 Å². The first-order valence-corrected chi connectivity index (χ1v) is 10.3. The number of carbonyl (C=O) groups is 1. The fourth-order valence-electron chi connectivity index (χ4n) is 2.68. The highest BCUT2D eigenvalue weighted by Crippen LogP contribution is 2.25. The van der Waals surface area contributed by atoms with Gasteiger partial charge in [0.25, 0.3) is 5.91 Å². The van der Waals surface area contributed by atoms with Crippen LogP contribution in [0, 0.1) is 0 Å². The minimum absolute atomic E-state index is 0. The summed E-state index contributed by atoms with van der Waals surface area (Å²) < 4.78 is 0. The molecule has 0 bridgehead atoms. The van der Waals surface area contributed by atoms with E-state index in [1.165, 1.54) is 18.6 Å². The summed E-state index contributed by atoms with van der Waals surface area (Å²) in [6.07, 6.45) is 3.54. The van der Waals surface area contributed by atoms with Crippen LogP contribution in [0.5, 0.6) is 0 Å². The Hall–Kier alpha value is -0.960. The first kappa shape index (κ1) is 23.1. The Morgan fingerprint density at radius 1 is 1.27 bits per heavy atom. The number of hydrogen-bond acceptors (Lipinski definition) is 3. The number of thioether (sulfide) groups is 1. The SMILES string of the molecule is CCCNC(=O)c1cccc(CN=C(NCC)NCC2CCCS2)c1.I. The van der Waals surface area contributed by atoms with E-state index in [2.05, 4.69) is 27.9 Å². The van der Waals surface area contributed by atoms with Crippen molar-refractivity contribution in [3.05, 3.63) is 35.4 Å². The summed E-state index contributed by atoms with van der Waals surface area (Å²) in [5, 5.41) is 10.3. The molecular formula is C19H31IN4OS. The Balaban J connectivity index is 0.00000338. The van der Waals surface area contributed by atoms with Crippen LogP contribution in [0.4, 0.5) is 0 Å². The normalized spacial score (nSPS) is 16.7. The van der Waals surface area contributed by atoms with Crippen molar-refractivity contribution in [1.82, 2.24) is 16.0 Å². The van der Waals surface area contributed by atoms with Crippen LogP contribution in [0.15, 0.2) is 29.3 Å². The van der Waals surface area contributed by atoms with Gasteiger partial charge in [-0.15, -0.1) is 24.0 Å². The first-order valence-electron chi connectivity index (χ1n) is 9.23. The van der Waals surface area contributed by atoms with E-state index in [1.807, 2.05) is 43.0 Å². The number of rotatable bonds is 8. The summed E-state index contributed by atoms with van der Waals surface area (Å²) >= 11 is 2.04. The lowest BCUT2D eigenvalue weighted by Crippen LogP contribution is -2.40. The Morgan fingerprint density at radius 2 is 2.12 bits per heavy atom. The van der Waals surface area contributed by atoms with Crippen LogP contribution in [0.25, 0.3) is 0 Å². The molecule has 0 spiro atoms. The zero-order chi connectivity index (χ0) is 17.9. The van der Waals surface area contributed by atoms with Gasteiger partial charge in [0, 0.05) is 30.4 Å². The molecule has 1 atom stereocenters. The van der Waals surface area contributed by atoms with Crippen LogP contribution >= 0.6 is 35.7 Å². The summed E-state index contributed by atoms with van der Waals surface area (Å²) in [7, 11) is 0. The van der Waals surface area contributed by atoms with Gasteiger partial charge in [0.2, 0.25) is 0 Å². The van der Waals surface area contributed by atoms with Crippen molar-refractivity contribution >= 4 is 47.6 Å². The average Bonchev–Trinajstić information content (AvgIpc) is 3.16. The Morgan fingerprint density at radius 3 is 2.81 bits per heavy atom. The number of halogens is 1. The second-order valence-electron chi connectivity index (χ2n) is 6.17. The molecular weight excluding hydrogens is 459 g/mol. The van der Waals surface area contributed by atoms with Crippen LogP contribution < -0.4 is 16.0 Å². The topological polar surface area (TPSA) is 65.5 Å². The number of guanidine groups is 1. The van der Waals surface area contributed by atoms with Crippen LogP contribution in [0.1, 0.15) is 49.0 Å². The van der Waals surface area contributed by atoms with Gasteiger partial charge in [-0.25, -0.2) is 4.99 Å². The lowest BCUT2D eigenvalue weighted by atomic mass is 10.1. The largest absolute Gasteiger partial charge is 0.357 e. The van der Waals surface area contributed by atoms with Gasteiger partial charge >= 0.3 is 0 Å². The zero-order valence-electron chi connectivity index (χ0n) is 15.7. The third-order valence-electron chi connectivity index (χ3n) is 4.01. The fraction of sp³-hybridized carbons (Fsp3) is 0.579. The smallest absolute Gasteiger partial charge is 0.251 e. The van der Waals surface area contributed by atoms with E-state index in [-0.39, 0.29) is 29.9 Å². The summed E-state index contributed by atoms with van der Waals surface area (Å²) in [5.74, 6) is 2.10. The zero-order valence-corrected chi connectivity index (χ0v) is 18.9. The van der Waals surface area contributed by atoms with E-state index in [1.54, 1.807) is 0 Å². The molecule has 0 aromatic heterocycles. The summed E-state index contributed by atoms with van der Waals surface area (Å²) in [6, 6.07) is 7.70. The lowest BCUT2D eigenvalue weighted by Gasteiger charge is -2.14. The number of hydrogen-bond donors (Lipinski definition) is 3. The second-order valence-corrected chi connectivity index (χ2v) is 7.58. The number of nitrogens with zero attached hydrogens (tertiary/aromatic N) is 1. The molecule has 0 saturated carbocycles. The fourth-order valence-corrected chi connectivity index (χ4v) is 3.88. The molecule has 1 unspecified atom stereocenters. The highest BCUT2D eigenvalue weighted by molar-refractivity contribution is 14.0. The van der Waals surface area contributed by atoms with Crippen molar-refractivity contribution in [3.63, 3.8) is 0 Å². The van der Waals surface area contributed by atoms with E-state index in [9.17, 15) is 4.79 Å². The quantitative estimate of drug-likeness (QED) is 0.297. The number of nitrogens with one attached hydrogen (secondary N) is 3. The van der Waals surface area contributed by atoms with Gasteiger partial charge < -0.3 is 16.0 Å². The van der Waals surface area contributed by atoms with Crippen molar-refractivity contribution in [2.45, 2.75) is 44.9 Å². The molecule has 3 N–H and O–H groups in total. The Bertz CT molecular complexity index is 576. The summed E-state index contributed by atoms with van der Waals surface area (Å²) in [5.41, 5.74) is 1.73. The highest BCUT2D eigenvalue weighted by atomic mass is 127. The Kier molecular flexibility index (Phi) is 11.8. The Labute approximate surface area is 178 Å². The van der Waals surface area contributed by atoms with E-state index >= 15 is 0 Å². The van der Waals surface area contributed by atoms with Gasteiger partial charge in [0.1, 0.15) is 0 Å². The van der Waals surface area contributed by atoms with E-state index < -0.39 is 0 Å². The standard InChI is InChI=1S/C19H30N4OS.HI/c1-3-10-21-18(24)16-8-5-7-15(12-16)13-22-19(20-4-2)23-14-17-9-6-11-25-17;/h5,7-8,12,17H,3-4,6,9-11,13-14H2,1-2H3,(H,21,24)(H2,20,22,23);1H. The van der Waals surface area contributed by atoms with Gasteiger partial charge in [0.05, 0.1) is 6.54 Å². The maximum atomic E-state index is 12.1. The number of aliphatic imine (C=N–C) groups is 1. The molecule has 1 saturated heterocycles. The molecule has 2 rings (SSSR count). The molecule has 7 heteroatoms. The molecule has 1 aliphatic heterocycles. The van der Waals surface area contributed by atoms with E-state index in [0.29, 0.717) is 23.9 Å². The highest BCUT2D eigenvalue weighted by Gasteiger charge is 2.15. The molecule has 1 aromatic carbocycles. The molecule has 1 heterocycles. The minimum Gasteiger partial charge on any atom is -0.357 e. The number of amides is 1. The first-order chi connectivity index (χ1) is 12.2. The second kappa shape index (κ2) is 13.2. The monoisotopic (exact) mass is 490 g/mol. The van der Waals surface area contributed by atoms with Crippen LogP contribution in [-0.4, -0.2) is 42.5 Å². The van der Waals surface area contributed by atoms with Crippen LogP contribution in [0.2, 0.25) is 0 Å². The summed E-state index contributed by atoms with van der Waals surface area (Å²) in [6.45, 7) is 7.17. The molecule has 5 nitrogen and oxygen atoms in total. The van der Waals surface area contributed by atoms with E-state index in [4.69, 9.17) is 0 Å². The number of benzene rings is 1. The molecule has 26 heavy (non-hydrogen) atoms. The van der Waals surface area contributed by atoms with Crippen molar-refractivity contribution in [3.8, 4) is 0 Å². The van der Waals surface area contributed by atoms with Gasteiger partial charge in [-0.05, 0) is 49.6 Å². The maximum absolute atomic E-state index is 12.1. The number of carbonyl (C=O) groups excluding carboxylic acids is 1. The van der Waals surface area contributed by atoms with Crippen molar-refractivity contribution in [2.75, 3.05) is 25.4 Å². The van der Waals surface area contributed by atoms with Crippen molar-refractivity contribution in [1.29, 1.82) is 0 Å². The molecule has 0 radical (unpaired) electrons. The van der Waals surface area contributed by atoms with Gasteiger partial charge in [0.15, 0.2) is 5.96 Å². The lowest BCUT2D eigenvalue weighted by molar-refractivity contribution is 0.0953. The van der Waals surface area contributed by atoms with Crippen LogP contribution in [-0.2, 0) is 6.54 Å². The average molecular weight is 490 g/mol. The maximum Gasteiger partial charge on any atom is 0.251 e. The molecule has 1 fully saturated rings. The molecule has 146 valence electrons. The summed E-state index contributed by atoms with van der Waals surface area (Å²) in [4.78, 5) is 16.7. The van der Waals surface area contributed by atoms with E-state index in [0.717, 1.165) is 31.0 Å². The van der Waals surface area contributed by atoms with Crippen molar-refractivity contribution < 1.29 is 4.79 Å². The molecule has 1 amide bonds. The van der Waals surface area contributed by atoms with Gasteiger partial charge in [-0.2, -0.15) is 11.8 Å². The third-order valence-corrected chi connectivity index (χ3v) is 5.41. The third kappa shape index (κ3) is 8.16. The molecule has 0 aliphatic carbocycles. The van der Waals surface area contributed by atoms with Gasteiger partial charge in [-0.3, -0.25) is 4.79 Å². The molecule has 1 aliphatic rings. The van der Waals surface area contributed by atoms with Gasteiger partial charge in [-0.1, -0.05) is 19.1 Å².